The van der Waals surface area contributed by atoms with E-state index in [0.29, 0.717) is 10.7 Å². The summed E-state index contributed by atoms with van der Waals surface area (Å²) in [7, 11) is 3.17. The van der Waals surface area contributed by atoms with Gasteiger partial charge in [-0.25, -0.2) is 19.1 Å². The van der Waals surface area contributed by atoms with Crippen LogP contribution in [0.25, 0.3) is 11.5 Å². The zero-order chi connectivity index (χ0) is 28.4. The summed E-state index contributed by atoms with van der Waals surface area (Å²) in [6, 6.07) is 4.42. The summed E-state index contributed by atoms with van der Waals surface area (Å²) in [5.41, 5.74) is 1.75. The predicted molar refractivity (Wildman–Crippen MR) is 138 cm³/mol. The predicted octanol–water partition coefficient (Wildman–Crippen LogP) is 0.460. The number of nitrogens with two attached hydrogens (primary N) is 1. The number of nitrogens with one attached hydrogen (secondary N) is 3. The van der Waals surface area contributed by atoms with Crippen molar-refractivity contribution in [3.05, 3.63) is 50.7 Å². The molecule has 16 nitrogen and oxygen atoms in total. The van der Waals surface area contributed by atoms with Gasteiger partial charge in [0.25, 0.3) is 11.5 Å². The Balaban J connectivity index is 0.000000519. The van der Waals surface area contributed by atoms with Gasteiger partial charge in [-0.15, -0.1) is 0 Å². The first-order valence-corrected chi connectivity index (χ1v) is 11.6. The van der Waals surface area contributed by atoms with Gasteiger partial charge in [-0.2, -0.15) is 0 Å². The van der Waals surface area contributed by atoms with E-state index in [1.54, 1.807) is 13.2 Å². The number of pyridine rings is 2. The van der Waals surface area contributed by atoms with Gasteiger partial charge in [0.15, 0.2) is 28.6 Å². The second kappa shape index (κ2) is 10.6. The summed E-state index contributed by atoms with van der Waals surface area (Å²) >= 11 is 0. The molecule has 39 heavy (non-hydrogen) atoms. The first-order valence-electron chi connectivity index (χ1n) is 11.6. The van der Waals surface area contributed by atoms with Crippen molar-refractivity contribution in [2.45, 2.75) is 25.4 Å². The minimum Gasteiger partial charge on any atom is -0.503 e. The number of nitrogens with zero attached hydrogens (tertiary/aromatic N) is 4. The minimum atomic E-state index is -1.18. The Morgan fingerprint density at radius 2 is 1.87 bits per heavy atom. The van der Waals surface area contributed by atoms with E-state index < -0.39 is 57.2 Å². The summed E-state index contributed by atoms with van der Waals surface area (Å²) in [5.74, 6) is -5.51. The van der Waals surface area contributed by atoms with Gasteiger partial charge in [0.2, 0.25) is 17.4 Å². The molecule has 4 heterocycles. The molecule has 0 saturated heterocycles. The molecule has 0 aromatic carbocycles. The van der Waals surface area contributed by atoms with E-state index in [2.05, 4.69) is 25.7 Å². The van der Waals surface area contributed by atoms with Gasteiger partial charge in [-0.3, -0.25) is 19.5 Å². The second-order valence-electron chi connectivity index (χ2n) is 8.38. The quantitative estimate of drug-likeness (QED) is 0.166. The number of hydrogen-bond donors (Lipinski definition) is 8. The molecule has 5 rings (SSSR count). The summed E-state index contributed by atoms with van der Waals surface area (Å²) in [4.78, 5) is 44.2. The number of ether oxygens (including phenoxy) is 1. The smallest absolute Gasteiger partial charge is 0.305 e. The molecule has 206 valence electrons. The average molecular weight is 543 g/mol. The summed E-state index contributed by atoms with van der Waals surface area (Å²) in [6.07, 6.45) is 5.89. The summed E-state index contributed by atoms with van der Waals surface area (Å²) < 4.78 is 6.55. The van der Waals surface area contributed by atoms with E-state index in [1.165, 1.54) is 44.6 Å². The standard InChI is InChI=1S/C18H16N8O7.C5H10O/c1-20-15-11(29)13(23-14-7(12(19)30)16(31)24-26(14)15)22-8-9(27)10(28)18(33)25(17(8)32)6-4-2-3-5-21-6;1-6-5-3-2-4-5/h2-5,20,27-29,32H,1H3,(H2,19,30)(H,22,23)(H,24,31);5H,2-4H2,1H3. The molecule has 1 saturated carbocycles. The Kier molecular flexibility index (Phi) is 7.30. The van der Waals surface area contributed by atoms with Crippen molar-refractivity contribution in [1.82, 2.24) is 24.1 Å². The van der Waals surface area contributed by atoms with Crippen LogP contribution in [0.2, 0.25) is 0 Å². The number of fused-ring (bicyclic) bond motifs is 1. The Morgan fingerprint density at radius 3 is 2.38 bits per heavy atom. The number of H-pyrrole nitrogens is 1. The lowest BCUT2D eigenvalue weighted by Gasteiger charge is -2.22. The van der Waals surface area contributed by atoms with Crippen LogP contribution in [0.15, 0.2) is 34.0 Å². The Morgan fingerprint density at radius 1 is 1.15 bits per heavy atom. The van der Waals surface area contributed by atoms with Crippen LogP contribution in [0.4, 0.5) is 17.3 Å². The highest BCUT2D eigenvalue weighted by atomic mass is 16.5. The van der Waals surface area contributed by atoms with Gasteiger partial charge in [0.05, 0.1) is 6.10 Å². The molecule has 16 heteroatoms. The van der Waals surface area contributed by atoms with Crippen LogP contribution >= 0.6 is 0 Å². The molecular formula is C23H26N8O8. The van der Waals surface area contributed by atoms with Gasteiger partial charge < -0.3 is 41.5 Å². The molecule has 0 atom stereocenters. The van der Waals surface area contributed by atoms with E-state index in [9.17, 15) is 34.8 Å². The van der Waals surface area contributed by atoms with E-state index >= 15 is 0 Å². The van der Waals surface area contributed by atoms with Crippen LogP contribution < -0.4 is 27.5 Å². The van der Waals surface area contributed by atoms with E-state index in [1.807, 2.05) is 0 Å². The molecule has 0 spiro atoms. The minimum absolute atomic E-state index is 0.0879. The van der Waals surface area contributed by atoms with Gasteiger partial charge >= 0.3 is 5.56 Å². The number of aromatic amines is 1. The Bertz CT molecular complexity index is 1650. The zero-order valence-electron chi connectivity index (χ0n) is 20.8. The molecule has 0 unspecified atom stereocenters. The lowest BCUT2D eigenvalue weighted by atomic mass is 9.96. The van der Waals surface area contributed by atoms with Crippen LogP contribution in [0.5, 0.6) is 23.1 Å². The molecule has 1 aliphatic carbocycles. The molecule has 9 N–H and O–H groups in total. The number of methoxy groups -OCH3 is 1. The van der Waals surface area contributed by atoms with Crippen LogP contribution in [-0.2, 0) is 4.74 Å². The fourth-order valence-electron chi connectivity index (χ4n) is 3.79. The molecule has 0 bridgehead atoms. The number of amides is 1. The lowest BCUT2D eigenvalue weighted by molar-refractivity contribution is 0.0412. The van der Waals surface area contributed by atoms with Crippen molar-refractivity contribution in [3.63, 3.8) is 0 Å². The molecule has 1 amide bonds. The van der Waals surface area contributed by atoms with Crippen LogP contribution in [0.3, 0.4) is 0 Å². The third kappa shape index (κ3) is 4.75. The van der Waals surface area contributed by atoms with Gasteiger partial charge in [0, 0.05) is 20.4 Å². The number of aromatic nitrogens is 5. The summed E-state index contributed by atoms with van der Waals surface area (Å²) in [5, 5.41) is 49.0. The fraction of sp³-hybridized carbons (Fsp3) is 0.261. The molecular weight excluding hydrogens is 516 g/mol. The number of hydrogen-bond acceptors (Lipinski definition) is 12. The summed E-state index contributed by atoms with van der Waals surface area (Å²) in [6.45, 7) is 0. The van der Waals surface area contributed by atoms with Crippen molar-refractivity contribution < 1.29 is 30.0 Å². The molecule has 4 aromatic heterocycles. The van der Waals surface area contributed by atoms with Crippen LogP contribution in [0, 0.1) is 0 Å². The number of carbonyl (C=O) groups is 1. The average Bonchev–Trinajstić information content (AvgIpc) is 3.21. The van der Waals surface area contributed by atoms with Crippen LogP contribution in [-0.4, -0.2) is 70.7 Å². The van der Waals surface area contributed by atoms with E-state index in [4.69, 9.17) is 10.5 Å². The zero-order valence-corrected chi connectivity index (χ0v) is 20.8. The lowest BCUT2D eigenvalue weighted by Crippen LogP contribution is -2.20. The number of primary amides is 1. The monoisotopic (exact) mass is 542 g/mol. The third-order valence-electron chi connectivity index (χ3n) is 6.06. The maximum absolute atomic E-state index is 12.4. The van der Waals surface area contributed by atoms with Gasteiger partial charge in [-0.05, 0) is 31.4 Å². The molecule has 1 aliphatic rings. The third-order valence-corrected chi connectivity index (χ3v) is 6.06. The van der Waals surface area contributed by atoms with E-state index in [0.717, 1.165) is 4.52 Å². The topological polar surface area (TPSA) is 242 Å². The van der Waals surface area contributed by atoms with Gasteiger partial charge in [0.1, 0.15) is 11.5 Å². The Hall–Kier alpha value is -5.25. The highest BCUT2D eigenvalue weighted by molar-refractivity contribution is 5.99. The maximum atomic E-state index is 12.4. The fourth-order valence-corrected chi connectivity index (χ4v) is 3.79. The molecule has 4 aromatic rings. The van der Waals surface area contributed by atoms with Crippen molar-refractivity contribution in [1.29, 1.82) is 0 Å². The SMILES string of the molecule is CNc1c(O)c(Nc2c(O)c(O)c(=O)n(-c3ccccn3)c2O)nc2c(C(N)=O)c(=O)[nH]n12.COC1CCC1. The number of rotatable bonds is 6. The first-order chi connectivity index (χ1) is 18.6. The van der Waals surface area contributed by atoms with Crippen LogP contribution in [0.1, 0.15) is 29.6 Å². The van der Waals surface area contributed by atoms with Gasteiger partial charge in [-0.1, -0.05) is 6.07 Å². The van der Waals surface area contributed by atoms with Crippen molar-refractivity contribution in [2.75, 3.05) is 24.8 Å². The number of anilines is 3. The highest BCUT2D eigenvalue weighted by Gasteiger charge is 2.27. The van der Waals surface area contributed by atoms with Crippen molar-refractivity contribution >= 4 is 28.9 Å². The van der Waals surface area contributed by atoms with Crippen molar-refractivity contribution in [3.8, 4) is 28.9 Å². The molecule has 0 aliphatic heterocycles. The normalized spacial score (nSPS) is 12.9. The molecule has 0 radical (unpaired) electrons. The number of aromatic hydroxyl groups is 4. The first kappa shape index (κ1) is 26.8. The second-order valence-corrected chi connectivity index (χ2v) is 8.38. The van der Waals surface area contributed by atoms with E-state index in [-0.39, 0.29) is 17.3 Å². The number of carbonyl (C=O) groups excluding carboxylic acids is 1. The maximum Gasteiger partial charge on any atom is 0.305 e. The highest BCUT2D eigenvalue weighted by Crippen LogP contribution is 2.42. The largest absolute Gasteiger partial charge is 0.503 e. The van der Waals surface area contributed by atoms with Crippen molar-refractivity contribution in [2.24, 2.45) is 5.73 Å². The molecule has 1 fully saturated rings. The Labute approximate surface area is 218 Å².